The van der Waals surface area contributed by atoms with Crippen LogP contribution in [0.15, 0.2) is 21.6 Å². The summed E-state index contributed by atoms with van der Waals surface area (Å²) in [4.78, 5) is 4.23. The molecule has 0 bridgehead atoms. The van der Waals surface area contributed by atoms with Crippen molar-refractivity contribution in [3.63, 3.8) is 0 Å². The summed E-state index contributed by atoms with van der Waals surface area (Å²) in [6.45, 7) is 7.30. The average Bonchev–Trinajstić information content (AvgIpc) is 2.59. The topological polar surface area (TPSA) is 64.1 Å². The van der Waals surface area contributed by atoms with E-state index >= 15 is 0 Å². The van der Waals surface area contributed by atoms with Gasteiger partial charge in [-0.15, -0.1) is 0 Å². The molecule has 142 valence electrons. The molecule has 0 saturated carbocycles. The second-order valence-electron chi connectivity index (χ2n) is 5.99. The minimum Gasteiger partial charge on any atom is -0.493 e. The second kappa shape index (κ2) is 12.0. The number of rotatable bonds is 10. The van der Waals surface area contributed by atoms with Gasteiger partial charge in [0, 0.05) is 33.4 Å². The Morgan fingerprint density at radius 3 is 2.56 bits per heavy atom. The Bertz CT molecular complexity index is 551. The predicted molar refractivity (Wildman–Crippen MR) is 106 cm³/mol. The average molecular weight is 416 g/mol. The van der Waals surface area contributed by atoms with Crippen LogP contribution in [-0.4, -0.2) is 47.0 Å². The molecule has 0 aromatic heterocycles. The fourth-order valence-corrected chi connectivity index (χ4v) is 2.83. The maximum atomic E-state index is 5.57. The largest absolute Gasteiger partial charge is 0.493 e. The first-order valence-corrected chi connectivity index (χ1v) is 9.23. The van der Waals surface area contributed by atoms with E-state index in [0.29, 0.717) is 24.0 Å². The minimum atomic E-state index is 0.572. The summed E-state index contributed by atoms with van der Waals surface area (Å²) < 4.78 is 17.1. The smallest absolute Gasteiger partial charge is 0.191 e. The third kappa shape index (κ3) is 7.96. The zero-order valence-electron chi connectivity index (χ0n) is 15.8. The maximum Gasteiger partial charge on any atom is 0.191 e. The highest BCUT2D eigenvalue weighted by Crippen LogP contribution is 2.36. The third-order valence-corrected chi connectivity index (χ3v) is 3.98. The van der Waals surface area contributed by atoms with Gasteiger partial charge in [-0.05, 0) is 46.0 Å². The van der Waals surface area contributed by atoms with Crippen LogP contribution in [0.3, 0.4) is 0 Å². The van der Waals surface area contributed by atoms with Crippen molar-refractivity contribution < 1.29 is 14.2 Å². The molecule has 0 atom stereocenters. The van der Waals surface area contributed by atoms with Crippen LogP contribution in [0.5, 0.6) is 11.5 Å². The van der Waals surface area contributed by atoms with Crippen molar-refractivity contribution in [1.29, 1.82) is 0 Å². The van der Waals surface area contributed by atoms with Crippen molar-refractivity contribution in [3.8, 4) is 11.5 Å². The first-order chi connectivity index (χ1) is 12.0. The molecule has 0 saturated heterocycles. The van der Waals surface area contributed by atoms with E-state index in [4.69, 9.17) is 14.2 Å². The Kier molecular flexibility index (Phi) is 10.3. The molecular weight excluding hydrogens is 386 g/mol. The van der Waals surface area contributed by atoms with Crippen molar-refractivity contribution in [2.75, 3.05) is 41.0 Å². The molecule has 1 aromatic rings. The molecule has 0 aliphatic heterocycles. The molecule has 0 unspecified atom stereocenters. The van der Waals surface area contributed by atoms with Crippen LogP contribution in [0.2, 0.25) is 0 Å². The Morgan fingerprint density at radius 1 is 1.20 bits per heavy atom. The number of methoxy groups -OCH3 is 2. The minimum absolute atomic E-state index is 0.572. The van der Waals surface area contributed by atoms with E-state index < -0.39 is 0 Å². The first-order valence-electron chi connectivity index (χ1n) is 8.44. The van der Waals surface area contributed by atoms with Gasteiger partial charge in [0.2, 0.25) is 0 Å². The maximum absolute atomic E-state index is 5.57. The van der Waals surface area contributed by atoms with Crippen molar-refractivity contribution in [1.82, 2.24) is 10.6 Å². The molecule has 0 heterocycles. The lowest BCUT2D eigenvalue weighted by Crippen LogP contribution is -2.37. The quantitative estimate of drug-likeness (QED) is 0.349. The summed E-state index contributed by atoms with van der Waals surface area (Å²) in [7, 11) is 5.01. The Hall–Kier alpha value is -1.47. The SMILES string of the molecule is CN=C(NCCCOCC(C)C)NCc1cc(Br)c(OC)c(OC)c1. The summed E-state index contributed by atoms with van der Waals surface area (Å²) in [5.74, 6) is 2.71. The molecule has 2 N–H and O–H groups in total. The van der Waals surface area contributed by atoms with E-state index in [2.05, 4.69) is 45.4 Å². The van der Waals surface area contributed by atoms with Crippen molar-refractivity contribution in [2.45, 2.75) is 26.8 Å². The molecule has 0 spiro atoms. The summed E-state index contributed by atoms with van der Waals surface area (Å²) >= 11 is 3.51. The van der Waals surface area contributed by atoms with E-state index in [1.165, 1.54) is 0 Å². The lowest BCUT2D eigenvalue weighted by atomic mass is 10.2. The molecule has 1 rings (SSSR count). The van der Waals surface area contributed by atoms with Gasteiger partial charge in [-0.25, -0.2) is 0 Å². The Balaban J connectivity index is 2.43. The van der Waals surface area contributed by atoms with Gasteiger partial charge in [-0.1, -0.05) is 13.8 Å². The van der Waals surface area contributed by atoms with Gasteiger partial charge in [0.1, 0.15) is 0 Å². The number of aliphatic imine (C=N–C) groups is 1. The molecule has 0 aliphatic carbocycles. The lowest BCUT2D eigenvalue weighted by Gasteiger charge is -2.15. The normalized spacial score (nSPS) is 11.6. The highest BCUT2D eigenvalue weighted by molar-refractivity contribution is 9.10. The van der Waals surface area contributed by atoms with Gasteiger partial charge in [0.25, 0.3) is 0 Å². The molecule has 25 heavy (non-hydrogen) atoms. The zero-order valence-corrected chi connectivity index (χ0v) is 17.4. The number of halogens is 1. The number of nitrogens with zero attached hydrogens (tertiary/aromatic N) is 1. The molecule has 6 nitrogen and oxygen atoms in total. The zero-order chi connectivity index (χ0) is 18.7. The van der Waals surface area contributed by atoms with Crippen LogP contribution in [0, 0.1) is 5.92 Å². The summed E-state index contributed by atoms with van der Waals surface area (Å²) in [5, 5.41) is 6.58. The van der Waals surface area contributed by atoms with Crippen molar-refractivity contribution in [3.05, 3.63) is 22.2 Å². The van der Waals surface area contributed by atoms with Gasteiger partial charge in [-0.2, -0.15) is 0 Å². The molecule has 7 heteroatoms. The van der Waals surface area contributed by atoms with Crippen LogP contribution < -0.4 is 20.1 Å². The van der Waals surface area contributed by atoms with Crippen LogP contribution in [0.4, 0.5) is 0 Å². The third-order valence-electron chi connectivity index (χ3n) is 3.39. The van der Waals surface area contributed by atoms with E-state index in [-0.39, 0.29) is 0 Å². The Labute approximate surface area is 159 Å². The van der Waals surface area contributed by atoms with E-state index in [9.17, 15) is 0 Å². The van der Waals surface area contributed by atoms with Gasteiger partial charge >= 0.3 is 0 Å². The monoisotopic (exact) mass is 415 g/mol. The number of benzene rings is 1. The van der Waals surface area contributed by atoms with Gasteiger partial charge in [0.05, 0.1) is 18.7 Å². The fraction of sp³-hybridized carbons (Fsp3) is 0.611. The van der Waals surface area contributed by atoms with Gasteiger partial charge < -0.3 is 24.8 Å². The highest BCUT2D eigenvalue weighted by atomic mass is 79.9. The molecule has 0 fully saturated rings. The Morgan fingerprint density at radius 2 is 1.96 bits per heavy atom. The van der Waals surface area contributed by atoms with Crippen molar-refractivity contribution >= 4 is 21.9 Å². The predicted octanol–water partition coefficient (Wildman–Crippen LogP) is 3.19. The lowest BCUT2D eigenvalue weighted by molar-refractivity contribution is 0.108. The van der Waals surface area contributed by atoms with Gasteiger partial charge in [-0.3, -0.25) is 4.99 Å². The molecule has 0 aliphatic rings. The standard InChI is InChI=1S/C18H30BrN3O3/c1-13(2)12-25-8-6-7-21-18(20-3)22-11-14-9-15(19)17(24-5)16(10-14)23-4/h9-10,13H,6-8,11-12H2,1-5H3,(H2,20,21,22). The fourth-order valence-electron chi connectivity index (χ4n) is 2.18. The van der Waals surface area contributed by atoms with Crippen LogP contribution >= 0.6 is 15.9 Å². The molecular formula is C18H30BrN3O3. The van der Waals surface area contributed by atoms with Gasteiger partial charge in [0.15, 0.2) is 17.5 Å². The second-order valence-corrected chi connectivity index (χ2v) is 6.84. The van der Waals surface area contributed by atoms with Crippen molar-refractivity contribution in [2.24, 2.45) is 10.9 Å². The number of nitrogens with one attached hydrogen (secondary N) is 2. The highest BCUT2D eigenvalue weighted by Gasteiger charge is 2.10. The molecule has 0 amide bonds. The van der Waals surface area contributed by atoms with Crippen LogP contribution in [-0.2, 0) is 11.3 Å². The number of hydrogen-bond acceptors (Lipinski definition) is 4. The van der Waals surface area contributed by atoms with E-state index in [1.54, 1.807) is 21.3 Å². The number of hydrogen-bond donors (Lipinski definition) is 2. The molecule has 1 aromatic carbocycles. The summed E-state index contributed by atoms with van der Waals surface area (Å²) in [6, 6.07) is 3.95. The number of guanidine groups is 1. The summed E-state index contributed by atoms with van der Waals surface area (Å²) in [6.07, 6.45) is 0.940. The first kappa shape index (κ1) is 21.6. The van der Waals surface area contributed by atoms with Crippen LogP contribution in [0.25, 0.3) is 0 Å². The molecule has 0 radical (unpaired) electrons. The number of ether oxygens (including phenoxy) is 3. The van der Waals surface area contributed by atoms with Crippen LogP contribution in [0.1, 0.15) is 25.8 Å². The summed E-state index contributed by atoms with van der Waals surface area (Å²) in [5.41, 5.74) is 1.06. The van der Waals surface area contributed by atoms with E-state index in [0.717, 1.165) is 42.2 Å². The van der Waals surface area contributed by atoms with E-state index in [1.807, 2.05) is 12.1 Å².